The Morgan fingerprint density at radius 3 is 2.31 bits per heavy atom. The van der Waals surface area contributed by atoms with E-state index in [4.69, 9.17) is 18.6 Å². The molecule has 0 spiro atoms. The molecular formula is C31H33N5O6. The highest BCUT2D eigenvalue weighted by Crippen LogP contribution is 2.32. The minimum absolute atomic E-state index is 0.0745. The molecule has 5 rings (SSSR count). The zero-order valence-corrected chi connectivity index (χ0v) is 23.9. The molecule has 0 N–H and O–H groups in total. The molecule has 1 aliphatic heterocycles. The lowest BCUT2D eigenvalue weighted by atomic mass is 10.1. The molecule has 0 radical (unpaired) electrons. The van der Waals surface area contributed by atoms with E-state index >= 15 is 0 Å². The van der Waals surface area contributed by atoms with Crippen LogP contribution >= 0.6 is 0 Å². The summed E-state index contributed by atoms with van der Waals surface area (Å²) in [7, 11) is 4.76. The first-order valence-corrected chi connectivity index (χ1v) is 13.5. The molecule has 0 aliphatic carbocycles. The second kappa shape index (κ2) is 13.1. The minimum atomic E-state index is -0.277. The van der Waals surface area contributed by atoms with Crippen molar-refractivity contribution in [2.45, 2.75) is 6.54 Å². The molecule has 2 amide bonds. The van der Waals surface area contributed by atoms with Crippen molar-refractivity contribution in [3.63, 3.8) is 0 Å². The predicted octanol–water partition coefficient (Wildman–Crippen LogP) is 3.75. The maximum atomic E-state index is 13.4. The van der Waals surface area contributed by atoms with Gasteiger partial charge in [-0.2, -0.15) is 0 Å². The molecule has 0 bridgehead atoms. The van der Waals surface area contributed by atoms with E-state index in [1.54, 1.807) is 75.0 Å². The van der Waals surface area contributed by atoms with Gasteiger partial charge in [-0.1, -0.05) is 6.07 Å². The van der Waals surface area contributed by atoms with Crippen molar-refractivity contribution in [3.05, 3.63) is 84.3 Å². The number of piperazine rings is 1. The normalized spacial score (nSPS) is 13.0. The van der Waals surface area contributed by atoms with Crippen LogP contribution in [0, 0.1) is 0 Å². The number of rotatable bonds is 10. The van der Waals surface area contributed by atoms with Crippen LogP contribution in [0.5, 0.6) is 17.2 Å². The van der Waals surface area contributed by atoms with Crippen LogP contribution in [0.3, 0.4) is 0 Å². The lowest BCUT2D eigenvalue weighted by Gasteiger charge is -2.36. The van der Waals surface area contributed by atoms with Crippen LogP contribution < -0.4 is 19.1 Å². The molecule has 0 unspecified atom stereocenters. The Kier molecular flexibility index (Phi) is 8.86. The average molecular weight is 572 g/mol. The van der Waals surface area contributed by atoms with Gasteiger partial charge < -0.3 is 33.3 Å². The lowest BCUT2D eigenvalue weighted by molar-refractivity contribution is -0.132. The van der Waals surface area contributed by atoms with E-state index in [0.29, 0.717) is 60.4 Å². The second-order valence-electron chi connectivity index (χ2n) is 9.68. The van der Waals surface area contributed by atoms with E-state index in [0.717, 1.165) is 11.4 Å². The molecular weight excluding hydrogens is 538 g/mol. The van der Waals surface area contributed by atoms with Crippen LogP contribution in [0.1, 0.15) is 16.1 Å². The number of hydrogen-bond donors (Lipinski definition) is 0. The first kappa shape index (κ1) is 28.5. The van der Waals surface area contributed by atoms with Gasteiger partial charge in [-0.25, -0.2) is 0 Å². The summed E-state index contributed by atoms with van der Waals surface area (Å²) in [4.78, 5) is 32.1. The number of anilines is 1. The summed E-state index contributed by atoms with van der Waals surface area (Å²) in [6, 6.07) is 19.8. The van der Waals surface area contributed by atoms with Gasteiger partial charge in [0.05, 0.1) is 39.8 Å². The number of methoxy groups -OCH3 is 3. The average Bonchev–Trinajstić information content (AvgIpc) is 3.57. The van der Waals surface area contributed by atoms with Crippen LogP contribution in [0.15, 0.2) is 77.4 Å². The third-order valence-corrected chi connectivity index (χ3v) is 7.15. The smallest absolute Gasteiger partial charge is 0.254 e. The number of carbonyl (C=O) groups is 2. The van der Waals surface area contributed by atoms with Gasteiger partial charge in [-0.3, -0.25) is 9.59 Å². The number of furan rings is 1. The van der Waals surface area contributed by atoms with E-state index < -0.39 is 0 Å². The Hall–Kier alpha value is -5.06. The van der Waals surface area contributed by atoms with Crippen LogP contribution in [-0.2, 0) is 11.3 Å². The molecule has 2 aromatic heterocycles. The van der Waals surface area contributed by atoms with E-state index in [1.807, 2.05) is 24.3 Å². The topological polar surface area (TPSA) is 110 Å². The molecule has 11 heteroatoms. The maximum absolute atomic E-state index is 13.4. The number of carbonyl (C=O) groups excluding carboxylic acids is 2. The van der Waals surface area contributed by atoms with Crippen LogP contribution in [0.25, 0.3) is 11.3 Å². The first-order valence-electron chi connectivity index (χ1n) is 13.5. The van der Waals surface area contributed by atoms with Crippen LogP contribution in [-0.4, -0.2) is 85.9 Å². The minimum Gasteiger partial charge on any atom is -0.497 e. The number of benzene rings is 2. The van der Waals surface area contributed by atoms with Gasteiger partial charge in [0.2, 0.25) is 5.91 Å². The van der Waals surface area contributed by atoms with E-state index in [2.05, 4.69) is 15.1 Å². The number of hydrogen-bond acceptors (Lipinski definition) is 9. The van der Waals surface area contributed by atoms with Crippen molar-refractivity contribution in [1.82, 2.24) is 20.0 Å². The fraction of sp³-hybridized carbons (Fsp3) is 0.290. The molecule has 4 aromatic rings. The van der Waals surface area contributed by atoms with Crippen LogP contribution in [0.2, 0.25) is 0 Å². The van der Waals surface area contributed by atoms with E-state index in [1.165, 1.54) is 4.90 Å². The highest BCUT2D eigenvalue weighted by Gasteiger charge is 2.27. The van der Waals surface area contributed by atoms with E-state index in [9.17, 15) is 9.59 Å². The first-order chi connectivity index (χ1) is 20.5. The Morgan fingerprint density at radius 2 is 1.64 bits per heavy atom. The number of aromatic nitrogens is 2. The Morgan fingerprint density at radius 1 is 0.857 bits per heavy atom. The molecule has 42 heavy (non-hydrogen) atoms. The molecule has 3 heterocycles. The van der Waals surface area contributed by atoms with Crippen molar-refractivity contribution < 1.29 is 28.2 Å². The zero-order chi connectivity index (χ0) is 29.5. The van der Waals surface area contributed by atoms with Crippen molar-refractivity contribution in [2.24, 2.45) is 0 Å². The molecule has 1 fully saturated rings. The summed E-state index contributed by atoms with van der Waals surface area (Å²) in [5, 5.41) is 8.86. The Labute approximate surface area is 244 Å². The van der Waals surface area contributed by atoms with Crippen molar-refractivity contribution in [3.8, 4) is 28.5 Å². The largest absolute Gasteiger partial charge is 0.497 e. The number of ether oxygens (including phenoxy) is 3. The fourth-order valence-corrected chi connectivity index (χ4v) is 4.82. The van der Waals surface area contributed by atoms with Crippen molar-refractivity contribution in [1.29, 1.82) is 0 Å². The third kappa shape index (κ3) is 6.46. The number of amides is 2. The molecule has 0 saturated carbocycles. The molecule has 2 aromatic carbocycles. The van der Waals surface area contributed by atoms with Crippen LogP contribution in [0.4, 0.5) is 5.82 Å². The van der Waals surface area contributed by atoms with Crippen molar-refractivity contribution >= 4 is 17.6 Å². The summed E-state index contributed by atoms with van der Waals surface area (Å²) in [6.45, 7) is 2.28. The van der Waals surface area contributed by atoms with Gasteiger partial charge in [-0.05, 0) is 54.6 Å². The predicted molar refractivity (Wildman–Crippen MR) is 156 cm³/mol. The molecule has 1 aliphatic rings. The third-order valence-electron chi connectivity index (χ3n) is 7.15. The standard InChI is InChI=1S/C31H33N5O6/c1-39-23-7-4-6-22(18-23)31(38)36(20-25-8-5-17-42-25)21-30(37)35-15-13-34(14-16-35)29-12-11-27(32-33-29)26-10-9-24(40-2)19-28(26)41-3/h4-12,17-19H,13-16,20-21H2,1-3H3. The monoisotopic (exact) mass is 571 g/mol. The molecule has 11 nitrogen and oxygen atoms in total. The lowest BCUT2D eigenvalue weighted by Crippen LogP contribution is -2.52. The van der Waals surface area contributed by atoms with E-state index in [-0.39, 0.29) is 24.9 Å². The Balaban J connectivity index is 1.22. The second-order valence-corrected chi connectivity index (χ2v) is 9.68. The summed E-state index contributed by atoms with van der Waals surface area (Å²) < 4.78 is 21.5. The SMILES string of the molecule is COc1cccc(C(=O)N(CC(=O)N2CCN(c3ccc(-c4ccc(OC)cc4OC)nn3)CC2)Cc2ccco2)c1. The van der Waals surface area contributed by atoms with Crippen molar-refractivity contribution in [2.75, 3.05) is 59.0 Å². The number of nitrogens with zero attached hydrogens (tertiary/aromatic N) is 5. The highest BCUT2D eigenvalue weighted by molar-refractivity contribution is 5.96. The Bertz CT molecular complexity index is 1500. The molecule has 1 saturated heterocycles. The molecule has 218 valence electrons. The fourth-order valence-electron chi connectivity index (χ4n) is 4.82. The summed E-state index contributed by atoms with van der Waals surface area (Å²) in [5.41, 5.74) is 1.94. The van der Waals surface area contributed by atoms with Gasteiger partial charge in [0.1, 0.15) is 29.6 Å². The highest BCUT2D eigenvalue weighted by atomic mass is 16.5. The van der Waals surface area contributed by atoms with Gasteiger partial charge in [0, 0.05) is 43.4 Å². The van der Waals surface area contributed by atoms with Gasteiger partial charge in [-0.15, -0.1) is 10.2 Å². The summed E-state index contributed by atoms with van der Waals surface area (Å²) in [5.74, 6) is 2.83. The maximum Gasteiger partial charge on any atom is 0.254 e. The zero-order valence-electron chi connectivity index (χ0n) is 23.9. The van der Waals surface area contributed by atoms with Gasteiger partial charge in [0.25, 0.3) is 5.91 Å². The summed E-state index contributed by atoms with van der Waals surface area (Å²) in [6.07, 6.45) is 1.55. The van der Waals surface area contributed by atoms with Gasteiger partial charge >= 0.3 is 0 Å². The summed E-state index contributed by atoms with van der Waals surface area (Å²) >= 11 is 0. The quantitative estimate of drug-likeness (QED) is 0.281. The van der Waals surface area contributed by atoms with Gasteiger partial charge in [0.15, 0.2) is 5.82 Å². The molecule has 0 atom stereocenters.